The predicted molar refractivity (Wildman–Crippen MR) is 105 cm³/mol. The molecule has 0 aromatic heterocycles. The number of allylic oxidation sites excluding steroid dienone is 2. The number of fused-ring (bicyclic) bond motifs is 2. The summed E-state index contributed by atoms with van der Waals surface area (Å²) in [5, 5.41) is 3.12. The molecule has 0 spiro atoms. The molecule has 1 aromatic rings. The topological polar surface area (TPSA) is 61.8 Å². The highest BCUT2D eigenvalue weighted by Gasteiger charge is 2.45. The standard InChI is InChI=1S/C22H25N3O2/c1-15(17-11-10-16-7-3-4-8-18(16)13-17)23-21(27)22(2)14-20(26)24-19-9-5-6-12-25(19)22/h5-6,9-13,15H,3-4,7-8,14H2,1-2H3,(H,23,27). The Bertz CT molecular complexity index is 884. The molecule has 0 saturated carbocycles. The summed E-state index contributed by atoms with van der Waals surface area (Å²) >= 11 is 0. The molecule has 5 heteroatoms. The van der Waals surface area contributed by atoms with Crippen molar-refractivity contribution in [3.63, 3.8) is 0 Å². The second kappa shape index (κ2) is 6.80. The Morgan fingerprint density at radius 1 is 1.22 bits per heavy atom. The van der Waals surface area contributed by atoms with Crippen LogP contribution in [0.3, 0.4) is 0 Å². The van der Waals surface area contributed by atoms with Crippen LogP contribution in [0.1, 0.15) is 55.8 Å². The van der Waals surface area contributed by atoms with Crippen molar-refractivity contribution in [2.75, 3.05) is 0 Å². The number of carbonyl (C=O) groups excluding carboxylic acids is 2. The predicted octanol–water partition coefficient (Wildman–Crippen LogP) is 3.22. The van der Waals surface area contributed by atoms with Gasteiger partial charge in [0.25, 0.3) is 5.91 Å². The van der Waals surface area contributed by atoms with Crippen LogP contribution in [0.4, 0.5) is 0 Å². The Labute approximate surface area is 159 Å². The average Bonchev–Trinajstić information content (AvgIpc) is 2.67. The molecule has 4 rings (SSSR count). The van der Waals surface area contributed by atoms with Gasteiger partial charge in [-0.2, -0.15) is 4.99 Å². The van der Waals surface area contributed by atoms with E-state index in [1.807, 2.05) is 25.3 Å². The van der Waals surface area contributed by atoms with E-state index in [9.17, 15) is 9.59 Å². The van der Waals surface area contributed by atoms with E-state index in [1.165, 1.54) is 24.0 Å². The summed E-state index contributed by atoms with van der Waals surface area (Å²) in [6.07, 6.45) is 12.1. The summed E-state index contributed by atoms with van der Waals surface area (Å²) in [5.41, 5.74) is 2.97. The van der Waals surface area contributed by atoms with E-state index in [-0.39, 0.29) is 24.3 Å². The number of carbonyl (C=O) groups is 2. The van der Waals surface area contributed by atoms with Gasteiger partial charge in [-0.25, -0.2) is 0 Å². The van der Waals surface area contributed by atoms with E-state index in [0.717, 1.165) is 18.4 Å². The second-order valence-corrected chi connectivity index (χ2v) is 7.82. The van der Waals surface area contributed by atoms with Crippen LogP contribution in [0, 0.1) is 0 Å². The molecule has 1 N–H and O–H groups in total. The molecule has 2 aliphatic heterocycles. The maximum Gasteiger partial charge on any atom is 0.250 e. The van der Waals surface area contributed by atoms with Crippen LogP contribution >= 0.6 is 0 Å². The molecule has 2 atom stereocenters. The lowest BCUT2D eigenvalue weighted by Gasteiger charge is -2.42. The van der Waals surface area contributed by atoms with Gasteiger partial charge in [0, 0.05) is 6.20 Å². The van der Waals surface area contributed by atoms with Crippen LogP contribution in [-0.2, 0) is 22.4 Å². The third-order valence-corrected chi connectivity index (χ3v) is 5.81. The van der Waals surface area contributed by atoms with Gasteiger partial charge in [-0.3, -0.25) is 9.59 Å². The van der Waals surface area contributed by atoms with E-state index in [2.05, 4.69) is 28.5 Å². The van der Waals surface area contributed by atoms with Gasteiger partial charge in [0.15, 0.2) is 0 Å². The van der Waals surface area contributed by atoms with Crippen molar-refractivity contribution in [3.8, 4) is 0 Å². The van der Waals surface area contributed by atoms with Crippen molar-refractivity contribution >= 4 is 17.6 Å². The first-order chi connectivity index (χ1) is 13.0. The van der Waals surface area contributed by atoms with Crippen LogP contribution in [0.25, 0.3) is 0 Å². The molecule has 27 heavy (non-hydrogen) atoms. The largest absolute Gasteiger partial charge is 0.348 e. The van der Waals surface area contributed by atoms with E-state index >= 15 is 0 Å². The number of aliphatic imine (C=N–C) groups is 1. The van der Waals surface area contributed by atoms with Gasteiger partial charge in [0.05, 0.1) is 12.5 Å². The van der Waals surface area contributed by atoms with Crippen molar-refractivity contribution in [1.29, 1.82) is 0 Å². The molecule has 0 bridgehead atoms. The lowest BCUT2D eigenvalue weighted by atomic mass is 9.88. The highest BCUT2D eigenvalue weighted by atomic mass is 16.2. The van der Waals surface area contributed by atoms with Gasteiger partial charge in [-0.05, 0) is 68.4 Å². The Hall–Kier alpha value is -2.69. The van der Waals surface area contributed by atoms with Crippen molar-refractivity contribution in [2.24, 2.45) is 4.99 Å². The second-order valence-electron chi connectivity index (χ2n) is 7.82. The summed E-state index contributed by atoms with van der Waals surface area (Å²) in [4.78, 5) is 31.1. The monoisotopic (exact) mass is 363 g/mol. The summed E-state index contributed by atoms with van der Waals surface area (Å²) in [7, 11) is 0. The molecular weight excluding hydrogens is 338 g/mol. The molecular formula is C22H25N3O2. The fourth-order valence-corrected chi connectivity index (χ4v) is 4.14. The molecule has 2 unspecified atom stereocenters. The zero-order valence-electron chi connectivity index (χ0n) is 15.9. The van der Waals surface area contributed by atoms with Crippen LogP contribution in [0.2, 0.25) is 0 Å². The van der Waals surface area contributed by atoms with E-state index in [1.54, 1.807) is 17.9 Å². The summed E-state index contributed by atoms with van der Waals surface area (Å²) in [6.45, 7) is 3.80. The number of nitrogens with zero attached hydrogens (tertiary/aromatic N) is 2. The molecule has 3 aliphatic rings. The van der Waals surface area contributed by atoms with Gasteiger partial charge in [-0.15, -0.1) is 0 Å². The molecule has 1 aliphatic carbocycles. The number of amidine groups is 1. The molecule has 2 amide bonds. The number of nitrogens with one attached hydrogen (secondary N) is 1. The van der Waals surface area contributed by atoms with E-state index < -0.39 is 5.54 Å². The number of aryl methyl sites for hydroxylation is 2. The number of rotatable bonds is 3. The van der Waals surface area contributed by atoms with E-state index in [0.29, 0.717) is 5.84 Å². The minimum absolute atomic E-state index is 0.0669. The van der Waals surface area contributed by atoms with Crippen LogP contribution in [0.15, 0.2) is 47.6 Å². The normalized spacial score (nSPS) is 24.7. The third-order valence-electron chi connectivity index (χ3n) is 5.81. The van der Waals surface area contributed by atoms with Crippen LogP contribution < -0.4 is 5.32 Å². The first kappa shape index (κ1) is 17.7. The molecule has 140 valence electrons. The van der Waals surface area contributed by atoms with Crippen molar-refractivity contribution < 1.29 is 9.59 Å². The fraction of sp³-hybridized carbons (Fsp3) is 0.409. The molecule has 1 aromatic carbocycles. The maximum absolute atomic E-state index is 13.2. The average molecular weight is 363 g/mol. The zero-order chi connectivity index (χ0) is 19.0. The minimum atomic E-state index is -0.974. The van der Waals surface area contributed by atoms with Gasteiger partial charge in [0.1, 0.15) is 11.4 Å². The number of hydrogen-bond donors (Lipinski definition) is 1. The number of benzene rings is 1. The Kier molecular flexibility index (Phi) is 4.46. The molecule has 2 heterocycles. The van der Waals surface area contributed by atoms with Gasteiger partial charge >= 0.3 is 0 Å². The summed E-state index contributed by atoms with van der Waals surface area (Å²) in [6, 6.07) is 6.41. The van der Waals surface area contributed by atoms with Crippen LogP contribution in [0.5, 0.6) is 0 Å². The molecule has 5 nitrogen and oxygen atoms in total. The van der Waals surface area contributed by atoms with Gasteiger partial charge < -0.3 is 10.2 Å². The SMILES string of the molecule is CC(NC(=O)C1(C)CC(=O)N=C2C=CC=CN21)c1ccc2c(c1)CCCC2. The summed E-state index contributed by atoms with van der Waals surface area (Å²) in [5.74, 6) is 0.0986. The maximum atomic E-state index is 13.2. The lowest BCUT2D eigenvalue weighted by molar-refractivity contribution is -0.135. The van der Waals surface area contributed by atoms with Gasteiger partial charge in [-0.1, -0.05) is 24.3 Å². The quantitative estimate of drug-likeness (QED) is 0.897. The summed E-state index contributed by atoms with van der Waals surface area (Å²) < 4.78 is 0. The number of amides is 2. The minimum Gasteiger partial charge on any atom is -0.348 e. The third kappa shape index (κ3) is 3.22. The smallest absolute Gasteiger partial charge is 0.250 e. The molecule has 0 radical (unpaired) electrons. The zero-order valence-corrected chi connectivity index (χ0v) is 15.9. The first-order valence-electron chi connectivity index (χ1n) is 9.66. The number of hydrogen-bond acceptors (Lipinski definition) is 3. The lowest BCUT2D eigenvalue weighted by Crippen LogP contribution is -2.60. The van der Waals surface area contributed by atoms with Crippen molar-refractivity contribution in [2.45, 2.75) is 57.5 Å². The van der Waals surface area contributed by atoms with Crippen LogP contribution in [-0.4, -0.2) is 28.1 Å². The first-order valence-corrected chi connectivity index (χ1v) is 9.66. The van der Waals surface area contributed by atoms with Crippen molar-refractivity contribution in [3.05, 3.63) is 59.3 Å². The highest BCUT2D eigenvalue weighted by Crippen LogP contribution is 2.30. The van der Waals surface area contributed by atoms with Gasteiger partial charge in [0.2, 0.25) is 5.91 Å². The highest BCUT2D eigenvalue weighted by molar-refractivity contribution is 6.09. The molecule has 0 saturated heterocycles. The fourth-order valence-electron chi connectivity index (χ4n) is 4.14. The molecule has 0 fully saturated rings. The van der Waals surface area contributed by atoms with E-state index in [4.69, 9.17) is 0 Å². The Morgan fingerprint density at radius 3 is 2.81 bits per heavy atom. The Morgan fingerprint density at radius 2 is 2.00 bits per heavy atom. The van der Waals surface area contributed by atoms with Crippen molar-refractivity contribution in [1.82, 2.24) is 10.2 Å². The Balaban J connectivity index is 1.54.